The molecule has 166 valence electrons. The van der Waals surface area contributed by atoms with Gasteiger partial charge in [0.15, 0.2) is 0 Å². The monoisotopic (exact) mass is 441 g/mol. The van der Waals surface area contributed by atoms with Crippen molar-refractivity contribution < 1.29 is 23.5 Å². The van der Waals surface area contributed by atoms with E-state index in [1.165, 1.54) is 11.0 Å². The zero-order chi connectivity index (χ0) is 22.1. The number of hydrogen-bond donors (Lipinski definition) is 2. The molecule has 30 heavy (non-hydrogen) atoms. The molecule has 2 aliphatic rings. The van der Waals surface area contributed by atoms with Crippen molar-refractivity contribution in [2.75, 3.05) is 32.0 Å². The molecule has 0 radical (unpaired) electrons. The first kappa shape index (κ1) is 22.5. The largest absolute Gasteiger partial charge is 0.492 e. The van der Waals surface area contributed by atoms with Gasteiger partial charge in [0.05, 0.1) is 29.4 Å². The Labute approximate surface area is 181 Å². The molecule has 0 bridgehead atoms. The number of likely N-dealkylation sites (tertiary alicyclic amines) is 1. The molecule has 1 aromatic carbocycles. The van der Waals surface area contributed by atoms with Gasteiger partial charge in [-0.2, -0.15) is 0 Å². The number of piperidine rings is 1. The number of hydrogen-bond acceptors (Lipinski definition) is 5. The van der Waals surface area contributed by atoms with Crippen LogP contribution in [0, 0.1) is 0 Å². The maximum absolute atomic E-state index is 15.2. The van der Waals surface area contributed by atoms with Crippen LogP contribution >= 0.6 is 11.6 Å². The molecular weight excluding hydrogens is 413 g/mol. The van der Waals surface area contributed by atoms with Crippen molar-refractivity contribution in [3.8, 4) is 5.75 Å². The molecule has 0 atom stereocenters. The normalized spacial score (nSPS) is 18.2. The molecule has 1 fully saturated rings. The van der Waals surface area contributed by atoms with Gasteiger partial charge in [0, 0.05) is 31.5 Å². The molecule has 3 N–H and O–H groups in total. The van der Waals surface area contributed by atoms with E-state index < -0.39 is 23.3 Å². The van der Waals surface area contributed by atoms with Crippen molar-refractivity contribution in [1.82, 2.24) is 10.2 Å². The Morgan fingerprint density at radius 1 is 1.37 bits per heavy atom. The van der Waals surface area contributed by atoms with Crippen molar-refractivity contribution in [3.63, 3.8) is 0 Å². The lowest BCUT2D eigenvalue weighted by Gasteiger charge is -2.37. The molecule has 2 heterocycles. The number of alkyl halides is 1. The Hall–Kier alpha value is -2.22. The van der Waals surface area contributed by atoms with Crippen molar-refractivity contribution in [2.24, 2.45) is 0 Å². The van der Waals surface area contributed by atoms with E-state index in [0.717, 1.165) is 12.0 Å². The molecule has 0 unspecified atom stereocenters. The minimum atomic E-state index is -1.60. The molecule has 0 spiro atoms. The Kier molecular flexibility index (Phi) is 6.36. The maximum atomic E-state index is 15.2. The first-order valence-corrected chi connectivity index (χ1v) is 10.6. The number of carbonyl (C=O) groups is 2. The van der Waals surface area contributed by atoms with Gasteiger partial charge in [-0.05, 0) is 39.7 Å². The minimum Gasteiger partial charge on any atom is -0.492 e. The molecule has 2 amide bonds. The standard InChI is InChI=1S/C21H29ClFN3O4/c1-20(2,3)30-19(28)26-8-6-21(23,7-9-26)12-25-18(27)14-11-15(22)16(24)13-5-4-10-29-17(13)14/h11H,4-10,12,24H2,1-3H3,(H,25,27). The van der Waals surface area contributed by atoms with E-state index in [9.17, 15) is 9.59 Å². The number of nitrogen functional groups attached to an aromatic ring is 1. The molecule has 1 saturated heterocycles. The zero-order valence-electron chi connectivity index (χ0n) is 17.6. The van der Waals surface area contributed by atoms with Crippen LogP contribution in [0.15, 0.2) is 6.07 Å². The van der Waals surface area contributed by atoms with Crippen molar-refractivity contribution in [3.05, 3.63) is 22.2 Å². The lowest BCUT2D eigenvalue weighted by molar-refractivity contribution is 0.00338. The van der Waals surface area contributed by atoms with Gasteiger partial charge in [-0.15, -0.1) is 0 Å². The number of nitrogens with two attached hydrogens (primary N) is 1. The van der Waals surface area contributed by atoms with Crippen molar-refractivity contribution in [1.29, 1.82) is 0 Å². The van der Waals surface area contributed by atoms with Gasteiger partial charge >= 0.3 is 6.09 Å². The second-order valence-electron chi connectivity index (χ2n) is 8.88. The predicted molar refractivity (Wildman–Crippen MR) is 113 cm³/mol. The molecule has 9 heteroatoms. The van der Waals surface area contributed by atoms with Crippen molar-refractivity contribution >= 4 is 29.3 Å². The highest BCUT2D eigenvalue weighted by molar-refractivity contribution is 6.33. The second-order valence-corrected chi connectivity index (χ2v) is 9.29. The Morgan fingerprint density at radius 2 is 2.03 bits per heavy atom. The number of amides is 2. The summed E-state index contributed by atoms with van der Waals surface area (Å²) in [6, 6.07) is 1.46. The van der Waals surface area contributed by atoms with Crippen LogP contribution in [0.3, 0.4) is 0 Å². The highest BCUT2D eigenvalue weighted by atomic mass is 35.5. The summed E-state index contributed by atoms with van der Waals surface area (Å²) in [5, 5.41) is 2.94. The van der Waals surface area contributed by atoms with Gasteiger partial charge in [-0.3, -0.25) is 4.79 Å². The summed E-state index contributed by atoms with van der Waals surface area (Å²) >= 11 is 6.18. The number of carbonyl (C=O) groups excluding carboxylic acids is 2. The van der Waals surface area contributed by atoms with Crippen LogP contribution in [0.1, 0.15) is 56.0 Å². The van der Waals surface area contributed by atoms with Gasteiger partial charge in [0.25, 0.3) is 5.91 Å². The summed E-state index contributed by atoms with van der Waals surface area (Å²) in [6.45, 7) is 6.15. The lowest BCUT2D eigenvalue weighted by Crippen LogP contribution is -2.50. The molecular formula is C21H29ClFN3O4. The number of fused-ring (bicyclic) bond motifs is 1. The highest BCUT2D eigenvalue weighted by Crippen LogP contribution is 2.38. The third-order valence-corrected chi connectivity index (χ3v) is 5.62. The van der Waals surface area contributed by atoms with Crippen LogP contribution < -0.4 is 15.8 Å². The SMILES string of the molecule is CC(C)(C)OC(=O)N1CCC(F)(CNC(=O)c2cc(Cl)c(N)c3c2OCCC3)CC1. The highest BCUT2D eigenvalue weighted by Gasteiger charge is 2.38. The average Bonchev–Trinajstić information content (AvgIpc) is 2.68. The maximum Gasteiger partial charge on any atom is 0.410 e. The van der Waals surface area contributed by atoms with E-state index in [1.54, 1.807) is 20.8 Å². The van der Waals surface area contributed by atoms with Crippen LogP contribution in [0.2, 0.25) is 5.02 Å². The Bertz CT molecular complexity index is 833. The zero-order valence-corrected chi connectivity index (χ0v) is 18.4. The van der Waals surface area contributed by atoms with E-state index in [-0.39, 0.29) is 43.1 Å². The number of nitrogens with zero attached hydrogens (tertiary/aromatic N) is 1. The first-order chi connectivity index (χ1) is 14.0. The average molecular weight is 442 g/mol. The van der Waals surface area contributed by atoms with Crippen molar-refractivity contribution in [2.45, 2.75) is 57.7 Å². The minimum absolute atomic E-state index is 0.115. The summed E-state index contributed by atoms with van der Waals surface area (Å²) in [5.74, 6) is -0.0325. The van der Waals surface area contributed by atoms with Gasteiger partial charge in [0.2, 0.25) is 0 Å². The fraction of sp³-hybridized carbons (Fsp3) is 0.619. The van der Waals surface area contributed by atoms with Gasteiger partial charge in [-0.25, -0.2) is 9.18 Å². The third kappa shape index (κ3) is 5.09. The fourth-order valence-electron chi connectivity index (χ4n) is 3.63. The number of ether oxygens (including phenoxy) is 2. The van der Waals surface area contributed by atoms with Crippen LogP contribution in [-0.4, -0.2) is 54.4 Å². The quantitative estimate of drug-likeness (QED) is 0.697. The summed E-state index contributed by atoms with van der Waals surface area (Å²) in [7, 11) is 0. The summed E-state index contributed by atoms with van der Waals surface area (Å²) < 4.78 is 26.2. The summed E-state index contributed by atoms with van der Waals surface area (Å²) in [5.41, 5.74) is 5.21. The molecule has 0 saturated carbocycles. The fourth-order valence-corrected chi connectivity index (χ4v) is 3.85. The van der Waals surface area contributed by atoms with E-state index in [0.29, 0.717) is 24.5 Å². The smallest absolute Gasteiger partial charge is 0.410 e. The number of anilines is 1. The summed E-state index contributed by atoms with van der Waals surface area (Å²) in [6.07, 6.45) is 1.25. The van der Waals surface area contributed by atoms with Crippen LogP contribution in [0.5, 0.6) is 5.75 Å². The van der Waals surface area contributed by atoms with Crippen LogP contribution in [-0.2, 0) is 11.2 Å². The topological polar surface area (TPSA) is 93.9 Å². The Morgan fingerprint density at radius 3 is 2.67 bits per heavy atom. The number of nitrogens with one attached hydrogen (secondary N) is 1. The van der Waals surface area contributed by atoms with Gasteiger partial charge in [0.1, 0.15) is 17.0 Å². The number of rotatable bonds is 3. The molecule has 0 aliphatic carbocycles. The van der Waals surface area contributed by atoms with Gasteiger partial charge in [-0.1, -0.05) is 11.6 Å². The van der Waals surface area contributed by atoms with E-state index >= 15 is 4.39 Å². The predicted octanol–water partition coefficient (Wildman–Crippen LogP) is 3.72. The molecule has 0 aromatic heterocycles. The Balaban J connectivity index is 1.61. The first-order valence-electron chi connectivity index (χ1n) is 10.2. The molecule has 3 rings (SSSR count). The second kappa shape index (κ2) is 8.49. The number of benzene rings is 1. The molecule has 7 nitrogen and oxygen atoms in total. The van der Waals surface area contributed by atoms with E-state index in [1.807, 2.05) is 0 Å². The molecule has 2 aliphatic heterocycles. The molecule has 1 aromatic rings. The summed E-state index contributed by atoms with van der Waals surface area (Å²) in [4.78, 5) is 26.4. The van der Waals surface area contributed by atoms with E-state index in [2.05, 4.69) is 5.32 Å². The van der Waals surface area contributed by atoms with Crippen LogP contribution in [0.25, 0.3) is 0 Å². The number of halogens is 2. The lowest BCUT2D eigenvalue weighted by atomic mass is 9.93. The van der Waals surface area contributed by atoms with E-state index in [4.69, 9.17) is 26.8 Å². The van der Waals surface area contributed by atoms with Gasteiger partial charge < -0.3 is 25.4 Å². The third-order valence-electron chi connectivity index (χ3n) is 5.31. The van der Waals surface area contributed by atoms with Crippen LogP contribution in [0.4, 0.5) is 14.9 Å².